The number of rotatable bonds is 7. The quantitative estimate of drug-likeness (QED) is 0.666. The summed E-state index contributed by atoms with van der Waals surface area (Å²) in [6.45, 7) is 4.13. The van der Waals surface area contributed by atoms with Gasteiger partial charge in [0, 0.05) is 31.5 Å². The van der Waals surface area contributed by atoms with Gasteiger partial charge in [0.15, 0.2) is 0 Å². The summed E-state index contributed by atoms with van der Waals surface area (Å²) in [6, 6.07) is 8.92. The number of hydrogen-bond donors (Lipinski definition) is 0. The van der Waals surface area contributed by atoms with E-state index in [0.717, 1.165) is 24.4 Å². The van der Waals surface area contributed by atoms with Crippen LogP contribution >= 0.6 is 0 Å². The molecule has 1 atom stereocenters. The van der Waals surface area contributed by atoms with Gasteiger partial charge in [0.05, 0.1) is 11.0 Å². The van der Waals surface area contributed by atoms with E-state index in [9.17, 15) is 4.79 Å². The Bertz CT molecular complexity index is 760. The van der Waals surface area contributed by atoms with Crippen molar-refractivity contribution < 1.29 is 4.79 Å². The van der Waals surface area contributed by atoms with Crippen LogP contribution in [0.15, 0.2) is 24.3 Å². The average Bonchev–Trinajstić information content (AvgIpc) is 3.37. The van der Waals surface area contributed by atoms with Gasteiger partial charge in [-0.3, -0.25) is 4.79 Å². The van der Waals surface area contributed by atoms with E-state index < -0.39 is 0 Å². The average molecular weight is 354 g/mol. The van der Waals surface area contributed by atoms with Crippen LogP contribution in [-0.2, 0) is 11.3 Å². The van der Waals surface area contributed by atoms with Gasteiger partial charge in [-0.1, -0.05) is 51.2 Å². The minimum Gasteiger partial charge on any atom is -0.339 e. The predicted molar refractivity (Wildman–Crippen MR) is 105 cm³/mol. The number of likely N-dealkylation sites (tertiary alicyclic amines) is 1. The number of fused-ring (bicyclic) bond motifs is 1. The molecule has 0 bridgehead atoms. The van der Waals surface area contributed by atoms with Crippen LogP contribution in [-0.4, -0.2) is 32.9 Å². The Morgan fingerprint density at radius 1 is 1.12 bits per heavy atom. The molecule has 1 aromatic heterocycles. The molecule has 1 aromatic carbocycles. The number of unbranched alkanes of at least 4 members (excludes halogenated alkanes) is 3. The van der Waals surface area contributed by atoms with E-state index in [2.05, 4.69) is 40.7 Å². The van der Waals surface area contributed by atoms with Gasteiger partial charge in [0.2, 0.25) is 5.91 Å². The zero-order chi connectivity index (χ0) is 17.9. The normalized spacial score (nSPS) is 21.3. The Morgan fingerprint density at radius 2 is 1.92 bits per heavy atom. The zero-order valence-corrected chi connectivity index (χ0v) is 16.0. The molecule has 1 unspecified atom stereocenters. The first kappa shape index (κ1) is 17.6. The molecule has 1 aliphatic carbocycles. The highest BCUT2D eigenvalue weighted by molar-refractivity contribution is 5.81. The van der Waals surface area contributed by atoms with Gasteiger partial charge < -0.3 is 9.47 Å². The second-order valence-corrected chi connectivity index (χ2v) is 8.06. The maximum atomic E-state index is 12.7. The number of para-hydroxylation sites is 2. The summed E-state index contributed by atoms with van der Waals surface area (Å²) in [4.78, 5) is 19.8. The van der Waals surface area contributed by atoms with Crippen molar-refractivity contribution in [3.8, 4) is 0 Å². The fourth-order valence-electron chi connectivity index (χ4n) is 4.81. The molecule has 26 heavy (non-hydrogen) atoms. The highest BCUT2D eigenvalue weighted by atomic mass is 16.2. The number of benzene rings is 1. The number of amides is 1. The van der Waals surface area contributed by atoms with Crippen molar-refractivity contribution in [3.63, 3.8) is 0 Å². The molecule has 1 aliphatic heterocycles. The van der Waals surface area contributed by atoms with Crippen molar-refractivity contribution in [2.75, 3.05) is 6.54 Å². The predicted octanol–water partition coefficient (Wildman–Crippen LogP) is 4.88. The van der Waals surface area contributed by atoms with Crippen LogP contribution in [0, 0.1) is 0 Å². The molecule has 0 N–H and O–H groups in total. The van der Waals surface area contributed by atoms with E-state index in [1.54, 1.807) is 0 Å². The molecule has 2 heterocycles. The second kappa shape index (κ2) is 7.81. The Morgan fingerprint density at radius 3 is 2.73 bits per heavy atom. The summed E-state index contributed by atoms with van der Waals surface area (Å²) in [7, 11) is 0. The molecule has 0 radical (unpaired) electrons. The van der Waals surface area contributed by atoms with Gasteiger partial charge in [-0.15, -0.1) is 0 Å². The van der Waals surface area contributed by atoms with E-state index in [-0.39, 0.29) is 5.92 Å². The number of carbonyl (C=O) groups excluding carboxylic acids is 1. The Labute approximate surface area is 156 Å². The summed E-state index contributed by atoms with van der Waals surface area (Å²) in [5.74, 6) is 1.73. The van der Waals surface area contributed by atoms with Gasteiger partial charge >= 0.3 is 0 Å². The summed E-state index contributed by atoms with van der Waals surface area (Å²) in [6.07, 6.45) is 10.6. The van der Waals surface area contributed by atoms with Gasteiger partial charge in [-0.25, -0.2) is 4.98 Å². The number of nitrogens with zero attached hydrogens (tertiary/aromatic N) is 3. The lowest BCUT2D eigenvalue weighted by atomic mass is 10.1. The van der Waals surface area contributed by atoms with Crippen molar-refractivity contribution in [1.29, 1.82) is 0 Å². The van der Waals surface area contributed by atoms with Crippen LogP contribution in [0.25, 0.3) is 11.0 Å². The molecule has 2 fully saturated rings. The third-order valence-electron chi connectivity index (χ3n) is 6.21. The summed E-state index contributed by atoms with van der Waals surface area (Å²) < 4.78 is 2.40. The maximum Gasteiger partial charge on any atom is 0.223 e. The largest absolute Gasteiger partial charge is 0.339 e. The first-order chi connectivity index (χ1) is 12.8. The topological polar surface area (TPSA) is 38.1 Å². The van der Waals surface area contributed by atoms with Crippen molar-refractivity contribution in [1.82, 2.24) is 14.5 Å². The van der Waals surface area contributed by atoms with Crippen molar-refractivity contribution >= 4 is 16.9 Å². The van der Waals surface area contributed by atoms with Crippen LogP contribution in [0.2, 0.25) is 0 Å². The minimum absolute atomic E-state index is 0.252. The smallest absolute Gasteiger partial charge is 0.223 e. The molecule has 4 rings (SSSR count). The van der Waals surface area contributed by atoms with E-state index in [1.807, 2.05) is 0 Å². The van der Waals surface area contributed by atoms with Crippen LogP contribution in [0.4, 0.5) is 0 Å². The minimum atomic E-state index is 0.252. The third-order valence-corrected chi connectivity index (χ3v) is 6.21. The molecule has 1 amide bonds. The molecule has 4 nitrogen and oxygen atoms in total. The molecule has 1 saturated heterocycles. The van der Waals surface area contributed by atoms with Gasteiger partial charge in [-0.05, 0) is 31.4 Å². The summed E-state index contributed by atoms with van der Waals surface area (Å²) in [5, 5.41) is 0. The molecule has 4 heteroatoms. The molecule has 0 spiro atoms. The fraction of sp³-hybridized carbons (Fsp3) is 0.636. The lowest BCUT2D eigenvalue weighted by Gasteiger charge is -2.24. The first-order valence-electron chi connectivity index (χ1n) is 10.5. The van der Waals surface area contributed by atoms with Crippen LogP contribution in [0.1, 0.15) is 76.5 Å². The van der Waals surface area contributed by atoms with E-state index in [4.69, 9.17) is 4.98 Å². The van der Waals surface area contributed by atoms with E-state index in [1.165, 1.54) is 56.9 Å². The molecular formula is C22H31N3O. The third kappa shape index (κ3) is 3.38. The Kier molecular flexibility index (Phi) is 5.28. The van der Waals surface area contributed by atoms with Gasteiger partial charge in [0.1, 0.15) is 5.82 Å². The monoisotopic (exact) mass is 353 g/mol. The van der Waals surface area contributed by atoms with Crippen molar-refractivity contribution in [2.45, 2.75) is 83.2 Å². The molecule has 2 aromatic rings. The lowest BCUT2D eigenvalue weighted by molar-refractivity contribution is -0.129. The highest BCUT2D eigenvalue weighted by Crippen LogP contribution is 2.35. The maximum absolute atomic E-state index is 12.7. The molecule has 1 saturated carbocycles. The lowest BCUT2D eigenvalue weighted by Crippen LogP contribution is -2.34. The zero-order valence-electron chi connectivity index (χ0n) is 16.0. The molecule has 140 valence electrons. The first-order valence-corrected chi connectivity index (χ1v) is 10.5. The number of imidazole rings is 1. The van der Waals surface area contributed by atoms with Crippen LogP contribution in [0.3, 0.4) is 0 Å². The van der Waals surface area contributed by atoms with Gasteiger partial charge in [0.25, 0.3) is 0 Å². The Balaban J connectivity index is 1.58. The molecule has 2 aliphatic rings. The van der Waals surface area contributed by atoms with Crippen LogP contribution < -0.4 is 0 Å². The second-order valence-electron chi connectivity index (χ2n) is 8.06. The number of hydrogen-bond acceptors (Lipinski definition) is 2. The van der Waals surface area contributed by atoms with Crippen molar-refractivity contribution in [3.05, 3.63) is 30.1 Å². The summed E-state index contributed by atoms with van der Waals surface area (Å²) in [5.41, 5.74) is 2.30. The molecular weight excluding hydrogens is 322 g/mol. The standard InChI is InChI=1S/C22H31N3O/c1-2-3-4-9-14-24-20-13-8-7-12-19(20)23-22(24)17-15-21(26)25(16-17)18-10-5-6-11-18/h7-8,12-13,17-18H,2-6,9-11,14-16H2,1H3. The van der Waals surface area contributed by atoms with Gasteiger partial charge in [-0.2, -0.15) is 0 Å². The number of aryl methyl sites for hydroxylation is 1. The highest BCUT2D eigenvalue weighted by Gasteiger charge is 2.38. The fourth-order valence-corrected chi connectivity index (χ4v) is 4.81. The Hall–Kier alpha value is -1.84. The van der Waals surface area contributed by atoms with E-state index in [0.29, 0.717) is 18.4 Å². The number of aromatic nitrogens is 2. The van der Waals surface area contributed by atoms with E-state index >= 15 is 0 Å². The summed E-state index contributed by atoms with van der Waals surface area (Å²) >= 11 is 0. The van der Waals surface area contributed by atoms with Crippen molar-refractivity contribution in [2.24, 2.45) is 0 Å². The SMILES string of the molecule is CCCCCCn1c(C2CC(=O)N(C3CCCC3)C2)nc2ccccc21. The number of carbonyl (C=O) groups is 1. The van der Waals surface area contributed by atoms with Crippen LogP contribution in [0.5, 0.6) is 0 Å².